The average Bonchev–Trinajstić information content (AvgIpc) is 2.75. The van der Waals surface area contributed by atoms with Crippen LogP contribution in [0.4, 0.5) is 0 Å². The zero-order valence-corrected chi connectivity index (χ0v) is 10.7. The molecule has 0 aliphatic carbocycles. The lowest BCUT2D eigenvalue weighted by Crippen LogP contribution is -2.17. The van der Waals surface area contributed by atoms with Crippen molar-refractivity contribution < 1.29 is 5.11 Å². The van der Waals surface area contributed by atoms with Gasteiger partial charge in [0, 0.05) is 25.5 Å². The Morgan fingerprint density at radius 1 is 1.39 bits per heavy atom. The Morgan fingerprint density at radius 3 is 2.94 bits per heavy atom. The SMILES string of the molecule is Cc1ccc(O)c(CNCCc2cnn(C)c2)n1. The van der Waals surface area contributed by atoms with Crippen LogP contribution in [0.2, 0.25) is 0 Å². The molecule has 2 N–H and O–H groups in total. The molecule has 5 nitrogen and oxygen atoms in total. The molecule has 2 heterocycles. The first-order valence-electron chi connectivity index (χ1n) is 5.99. The van der Waals surface area contributed by atoms with E-state index < -0.39 is 0 Å². The number of aromatic hydroxyl groups is 1. The predicted molar refractivity (Wildman–Crippen MR) is 69.3 cm³/mol. The number of nitrogens with one attached hydrogen (secondary N) is 1. The fraction of sp³-hybridized carbons (Fsp3) is 0.385. The molecular formula is C13H18N4O. The molecule has 0 amide bonds. The van der Waals surface area contributed by atoms with Crippen LogP contribution in [-0.4, -0.2) is 26.4 Å². The Balaban J connectivity index is 1.80. The van der Waals surface area contributed by atoms with Crippen LogP contribution in [0.3, 0.4) is 0 Å². The summed E-state index contributed by atoms with van der Waals surface area (Å²) in [6, 6.07) is 3.48. The Hall–Kier alpha value is -1.88. The molecule has 2 rings (SSSR count). The largest absolute Gasteiger partial charge is 0.506 e. The van der Waals surface area contributed by atoms with E-state index in [1.807, 2.05) is 26.4 Å². The molecule has 5 heteroatoms. The minimum absolute atomic E-state index is 0.245. The monoisotopic (exact) mass is 246 g/mol. The van der Waals surface area contributed by atoms with Crippen LogP contribution < -0.4 is 5.32 Å². The topological polar surface area (TPSA) is 63.0 Å². The van der Waals surface area contributed by atoms with E-state index in [1.54, 1.807) is 16.8 Å². The molecule has 2 aromatic rings. The quantitative estimate of drug-likeness (QED) is 0.777. The highest BCUT2D eigenvalue weighted by Crippen LogP contribution is 2.13. The Kier molecular flexibility index (Phi) is 3.94. The van der Waals surface area contributed by atoms with Gasteiger partial charge in [-0.2, -0.15) is 5.10 Å². The van der Waals surface area contributed by atoms with Gasteiger partial charge in [0.05, 0.1) is 11.9 Å². The van der Waals surface area contributed by atoms with Crippen LogP contribution in [0, 0.1) is 6.92 Å². The molecule has 0 saturated carbocycles. The zero-order chi connectivity index (χ0) is 13.0. The van der Waals surface area contributed by atoms with Crippen LogP contribution in [0.1, 0.15) is 17.0 Å². The van der Waals surface area contributed by atoms with E-state index >= 15 is 0 Å². The van der Waals surface area contributed by atoms with E-state index in [-0.39, 0.29) is 5.75 Å². The van der Waals surface area contributed by atoms with E-state index in [1.165, 1.54) is 5.56 Å². The molecular weight excluding hydrogens is 228 g/mol. The highest BCUT2D eigenvalue weighted by atomic mass is 16.3. The lowest BCUT2D eigenvalue weighted by Gasteiger charge is -2.06. The lowest BCUT2D eigenvalue weighted by molar-refractivity contribution is 0.459. The summed E-state index contributed by atoms with van der Waals surface area (Å²) in [5.41, 5.74) is 2.81. The minimum atomic E-state index is 0.245. The summed E-state index contributed by atoms with van der Waals surface area (Å²) in [7, 11) is 1.91. The van der Waals surface area contributed by atoms with Crippen molar-refractivity contribution in [2.75, 3.05) is 6.54 Å². The van der Waals surface area contributed by atoms with Crippen molar-refractivity contribution in [1.29, 1.82) is 0 Å². The van der Waals surface area contributed by atoms with Crippen LogP contribution in [0.5, 0.6) is 5.75 Å². The van der Waals surface area contributed by atoms with Crippen LogP contribution in [0.15, 0.2) is 24.5 Å². The number of hydrogen-bond acceptors (Lipinski definition) is 4. The van der Waals surface area contributed by atoms with Crippen LogP contribution in [-0.2, 0) is 20.0 Å². The van der Waals surface area contributed by atoms with E-state index in [0.717, 1.165) is 18.7 Å². The summed E-state index contributed by atoms with van der Waals surface area (Å²) in [5, 5.41) is 17.0. The van der Waals surface area contributed by atoms with E-state index in [9.17, 15) is 5.11 Å². The molecule has 0 aliphatic heterocycles. The molecule has 0 saturated heterocycles. The molecule has 0 unspecified atom stereocenters. The molecule has 0 fully saturated rings. The number of nitrogens with zero attached hydrogens (tertiary/aromatic N) is 3. The van der Waals surface area contributed by atoms with Gasteiger partial charge in [0.1, 0.15) is 5.75 Å². The van der Waals surface area contributed by atoms with Gasteiger partial charge in [-0.15, -0.1) is 0 Å². The highest BCUT2D eigenvalue weighted by Gasteiger charge is 2.02. The van der Waals surface area contributed by atoms with E-state index in [2.05, 4.69) is 15.4 Å². The summed E-state index contributed by atoms with van der Waals surface area (Å²) < 4.78 is 1.79. The molecule has 18 heavy (non-hydrogen) atoms. The Bertz CT molecular complexity index is 521. The molecule has 0 bridgehead atoms. The van der Waals surface area contributed by atoms with Crippen LogP contribution in [0.25, 0.3) is 0 Å². The smallest absolute Gasteiger partial charge is 0.138 e. The fourth-order valence-electron chi connectivity index (χ4n) is 1.77. The molecule has 0 spiro atoms. The van der Waals surface area contributed by atoms with Gasteiger partial charge in [0.25, 0.3) is 0 Å². The molecule has 2 aromatic heterocycles. The van der Waals surface area contributed by atoms with E-state index in [0.29, 0.717) is 12.2 Å². The third-order valence-electron chi connectivity index (χ3n) is 2.73. The molecule has 0 radical (unpaired) electrons. The highest BCUT2D eigenvalue weighted by molar-refractivity contribution is 5.27. The summed E-state index contributed by atoms with van der Waals surface area (Å²) >= 11 is 0. The average molecular weight is 246 g/mol. The van der Waals surface area contributed by atoms with Gasteiger partial charge in [0.15, 0.2) is 0 Å². The van der Waals surface area contributed by atoms with Gasteiger partial charge >= 0.3 is 0 Å². The molecule has 0 aromatic carbocycles. The first-order valence-corrected chi connectivity index (χ1v) is 5.99. The van der Waals surface area contributed by atoms with Gasteiger partial charge in [-0.3, -0.25) is 9.67 Å². The van der Waals surface area contributed by atoms with Crippen LogP contribution >= 0.6 is 0 Å². The molecule has 0 aliphatic rings. The summed E-state index contributed by atoms with van der Waals surface area (Å²) in [4.78, 5) is 4.29. The Morgan fingerprint density at radius 2 is 2.22 bits per heavy atom. The Labute approximate surface area is 106 Å². The third-order valence-corrected chi connectivity index (χ3v) is 2.73. The maximum absolute atomic E-state index is 9.64. The second-order valence-corrected chi connectivity index (χ2v) is 4.37. The van der Waals surface area contributed by atoms with Crippen molar-refractivity contribution >= 4 is 0 Å². The number of aromatic nitrogens is 3. The molecule has 0 atom stereocenters. The van der Waals surface area contributed by atoms with Crippen molar-refractivity contribution in [3.63, 3.8) is 0 Å². The predicted octanol–water partition coefficient (Wildman–Crippen LogP) is 1.16. The van der Waals surface area contributed by atoms with Crippen molar-refractivity contribution in [3.05, 3.63) is 41.5 Å². The zero-order valence-electron chi connectivity index (χ0n) is 10.7. The standard InChI is InChI=1S/C13H18N4O/c1-10-3-4-13(18)12(16-10)8-14-6-5-11-7-15-17(2)9-11/h3-4,7,9,14,18H,5-6,8H2,1-2H3. The van der Waals surface area contributed by atoms with Gasteiger partial charge in [-0.05, 0) is 37.6 Å². The first-order chi connectivity index (χ1) is 8.65. The number of rotatable bonds is 5. The molecule has 96 valence electrons. The maximum Gasteiger partial charge on any atom is 0.138 e. The third kappa shape index (κ3) is 3.30. The lowest BCUT2D eigenvalue weighted by atomic mass is 10.2. The van der Waals surface area contributed by atoms with Gasteiger partial charge < -0.3 is 10.4 Å². The fourth-order valence-corrected chi connectivity index (χ4v) is 1.77. The summed E-state index contributed by atoms with van der Waals surface area (Å²) in [6.07, 6.45) is 4.79. The van der Waals surface area contributed by atoms with E-state index in [4.69, 9.17) is 0 Å². The van der Waals surface area contributed by atoms with Gasteiger partial charge in [0.2, 0.25) is 0 Å². The first kappa shape index (κ1) is 12.6. The van der Waals surface area contributed by atoms with Crippen molar-refractivity contribution in [2.24, 2.45) is 7.05 Å². The van der Waals surface area contributed by atoms with Crippen molar-refractivity contribution in [2.45, 2.75) is 19.9 Å². The summed E-state index contributed by atoms with van der Waals surface area (Å²) in [5.74, 6) is 0.245. The van der Waals surface area contributed by atoms with Crippen molar-refractivity contribution in [3.8, 4) is 5.75 Å². The minimum Gasteiger partial charge on any atom is -0.506 e. The number of pyridine rings is 1. The maximum atomic E-state index is 9.64. The van der Waals surface area contributed by atoms with Gasteiger partial charge in [-0.1, -0.05) is 0 Å². The number of hydrogen-bond donors (Lipinski definition) is 2. The second kappa shape index (κ2) is 5.64. The van der Waals surface area contributed by atoms with Crippen molar-refractivity contribution in [1.82, 2.24) is 20.1 Å². The summed E-state index contributed by atoms with van der Waals surface area (Å²) in [6.45, 7) is 3.33. The normalized spacial score (nSPS) is 10.8. The second-order valence-electron chi connectivity index (χ2n) is 4.37. The number of aryl methyl sites for hydroxylation is 2. The van der Waals surface area contributed by atoms with Gasteiger partial charge in [-0.25, -0.2) is 0 Å².